The van der Waals surface area contributed by atoms with Crippen LogP contribution in [0.3, 0.4) is 0 Å². The lowest BCUT2D eigenvalue weighted by Crippen LogP contribution is -2.48. The highest BCUT2D eigenvalue weighted by Gasteiger charge is 2.30. The van der Waals surface area contributed by atoms with Crippen LogP contribution >= 0.6 is 0 Å². The van der Waals surface area contributed by atoms with Crippen LogP contribution in [0.2, 0.25) is 0 Å². The van der Waals surface area contributed by atoms with Gasteiger partial charge < -0.3 is 15.3 Å². The SMILES string of the molecule is CC1NCCCC1C(=O)N(CCO)Cc1ccccc1. The molecule has 0 radical (unpaired) electrons. The average molecular weight is 276 g/mol. The largest absolute Gasteiger partial charge is 0.395 e. The number of aliphatic hydroxyl groups excluding tert-OH is 1. The second-order valence-electron chi connectivity index (χ2n) is 5.46. The van der Waals surface area contributed by atoms with Gasteiger partial charge >= 0.3 is 0 Å². The van der Waals surface area contributed by atoms with Crippen LogP contribution in [0.25, 0.3) is 0 Å². The summed E-state index contributed by atoms with van der Waals surface area (Å²) in [6.07, 6.45) is 1.97. The summed E-state index contributed by atoms with van der Waals surface area (Å²) in [5.41, 5.74) is 1.10. The minimum atomic E-state index is 0.00705. The molecule has 0 aliphatic carbocycles. The number of hydrogen-bond donors (Lipinski definition) is 2. The molecule has 20 heavy (non-hydrogen) atoms. The van der Waals surface area contributed by atoms with Crippen LogP contribution in [0.4, 0.5) is 0 Å². The third-order valence-electron chi connectivity index (χ3n) is 3.98. The molecule has 2 rings (SSSR count). The Bertz CT molecular complexity index is 422. The highest BCUT2D eigenvalue weighted by Crippen LogP contribution is 2.20. The van der Waals surface area contributed by atoms with Crippen molar-refractivity contribution >= 4 is 5.91 Å². The Morgan fingerprint density at radius 3 is 2.80 bits per heavy atom. The van der Waals surface area contributed by atoms with Gasteiger partial charge in [-0.25, -0.2) is 0 Å². The van der Waals surface area contributed by atoms with Crippen LogP contribution in [0.15, 0.2) is 30.3 Å². The maximum Gasteiger partial charge on any atom is 0.227 e. The summed E-state index contributed by atoms with van der Waals surface area (Å²) in [6, 6.07) is 10.2. The van der Waals surface area contributed by atoms with Crippen molar-refractivity contribution in [1.82, 2.24) is 10.2 Å². The molecule has 0 aromatic heterocycles. The van der Waals surface area contributed by atoms with E-state index in [9.17, 15) is 9.90 Å². The highest BCUT2D eigenvalue weighted by molar-refractivity contribution is 5.79. The van der Waals surface area contributed by atoms with Crippen LogP contribution < -0.4 is 5.32 Å². The standard InChI is InChI=1S/C16H24N2O2/c1-13-15(8-5-9-17-13)16(20)18(10-11-19)12-14-6-3-2-4-7-14/h2-4,6-7,13,15,17,19H,5,8-12H2,1H3. The first-order valence-corrected chi connectivity index (χ1v) is 7.39. The van der Waals surface area contributed by atoms with Crippen molar-refractivity contribution < 1.29 is 9.90 Å². The van der Waals surface area contributed by atoms with Crippen LogP contribution in [0.5, 0.6) is 0 Å². The minimum Gasteiger partial charge on any atom is -0.395 e. The lowest BCUT2D eigenvalue weighted by molar-refractivity contribution is -0.138. The van der Waals surface area contributed by atoms with Crippen molar-refractivity contribution in [2.45, 2.75) is 32.4 Å². The Morgan fingerprint density at radius 1 is 1.40 bits per heavy atom. The van der Waals surface area contributed by atoms with Crippen molar-refractivity contribution in [3.63, 3.8) is 0 Å². The zero-order valence-electron chi connectivity index (χ0n) is 12.1. The fourth-order valence-electron chi connectivity index (χ4n) is 2.81. The van der Waals surface area contributed by atoms with E-state index in [2.05, 4.69) is 12.2 Å². The third kappa shape index (κ3) is 3.81. The lowest BCUT2D eigenvalue weighted by Gasteiger charge is -2.33. The number of rotatable bonds is 5. The monoisotopic (exact) mass is 276 g/mol. The smallest absolute Gasteiger partial charge is 0.227 e. The molecule has 0 saturated carbocycles. The molecule has 1 aromatic rings. The molecule has 2 unspecified atom stereocenters. The quantitative estimate of drug-likeness (QED) is 0.854. The zero-order valence-corrected chi connectivity index (χ0v) is 12.1. The Kier molecular flexibility index (Phi) is 5.56. The molecular formula is C16H24N2O2. The normalized spacial score (nSPS) is 22.5. The lowest BCUT2D eigenvalue weighted by atomic mass is 9.90. The summed E-state index contributed by atoms with van der Waals surface area (Å²) in [5, 5.41) is 12.6. The number of nitrogens with zero attached hydrogens (tertiary/aromatic N) is 1. The van der Waals surface area contributed by atoms with Crippen molar-refractivity contribution in [3.8, 4) is 0 Å². The molecule has 0 spiro atoms. The fraction of sp³-hybridized carbons (Fsp3) is 0.562. The number of amides is 1. The summed E-state index contributed by atoms with van der Waals surface area (Å²) < 4.78 is 0. The molecule has 1 aliphatic rings. The Morgan fingerprint density at radius 2 is 2.15 bits per heavy atom. The van der Waals surface area contributed by atoms with E-state index in [1.54, 1.807) is 4.90 Å². The Labute approximate surface area is 120 Å². The Hall–Kier alpha value is -1.39. The molecule has 4 heteroatoms. The molecule has 0 bridgehead atoms. The number of benzene rings is 1. The second-order valence-corrected chi connectivity index (χ2v) is 5.46. The molecule has 1 heterocycles. The van der Waals surface area contributed by atoms with Crippen molar-refractivity contribution in [2.24, 2.45) is 5.92 Å². The summed E-state index contributed by atoms with van der Waals surface area (Å²) in [7, 11) is 0. The van der Waals surface area contributed by atoms with Gasteiger partial charge in [0, 0.05) is 19.1 Å². The molecule has 1 saturated heterocycles. The molecule has 1 aromatic carbocycles. The van der Waals surface area contributed by atoms with Crippen molar-refractivity contribution in [1.29, 1.82) is 0 Å². The van der Waals surface area contributed by atoms with E-state index < -0.39 is 0 Å². The average Bonchev–Trinajstić information content (AvgIpc) is 2.48. The van der Waals surface area contributed by atoms with E-state index in [1.165, 1.54) is 0 Å². The number of nitrogens with one attached hydrogen (secondary N) is 1. The predicted molar refractivity (Wildman–Crippen MR) is 79.1 cm³/mol. The molecule has 4 nitrogen and oxygen atoms in total. The summed E-state index contributed by atoms with van der Waals surface area (Å²) in [4.78, 5) is 14.5. The van der Waals surface area contributed by atoms with Gasteiger partial charge in [-0.2, -0.15) is 0 Å². The number of carbonyl (C=O) groups excluding carboxylic acids is 1. The Balaban J connectivity index is 2.05. The number of carbonyl (C=O) groups is 1. The van der Waals surface area contributed by atoms with Gasteiger partial charge in [0.2, 0.25) is 5.91 Å². The molecule has 2 atom stereocenters. The number of hydrogen-bond acceptors (Lipinski definition) is 3. The highest BCUT2D eigenvalue weighted by atomic mass is 16.3. The number of aliphatic hydroxyl groups is 1. The van der Waals surface area contributed by atoms with Crippen LogP contribution in [0, 0.1) is 5.92 Å². The summed E-state index contributed by atoms with van der Waals surface area (Å²) in [5.74, 6) is 0.182. The first kappa shape index (κ1) is 15.0. The molecular weight excluding hydrogens is 252 g/mol. The van der Waals surface area contributed by atoms with Crippen molar-refractivity contribution in [2.75, 3.05) is 19.7 Å². The van der Waals surface area contributed by atoms with Crippen LogP contribution in [-0.4, -0.2) is 41.7 Å². The maximum atomic E-state index is 12.7. The first-order chi connectivity index (χ1) is 9.72. The molecule has 2 N–H and O–H groups in total. The molecule has 110 valence electrons. The van der Waals surface area contributed by atoms with E-state index in [0.717, 1.165) is 24.9 Å². The van der Waals surface area contributed by atoms with Gasteiger partial charge in [0.15, 0.2) is 0 Å². The summed E-state index contributed by atoms with van der Waals surface area (Å²) in [6.45, 7) is 4.04. The first-order valence-electron chi connectivity index (χ1n) is 7.39. The van der Waals surface area contributed by atoms with Crippen LogP contribution in [-0.2, 0) is 11.3 Å². The summed E-state index contributed by atoms with van der Waals surface area (Å²) >= 11 is 0. The zero-order chi connectivity index (χ0) is 14.4. The number of piperidine rings is 1. The van der Waals surface area contributed by atoms with Gasteiger partial charge in [-0.05, 0) is 31.9 Å². The van der Waals surface area contributed by atoms with Crippen molar-refractivity contribution in [3.05, 3.63) is 35.9 Å². The van der Waals surface area contributed by atoms with Gasteiger partial charge in [0.05, 0.1) is 12.5 Å². The van der Waals surface area contributed by atoms with Gasteiger partial charge in [0.25, 0.3) is 0 Å². The van der Waals surface area contributed by atoms with E-state index in [1.807, 2.05) is 30.3 Å². The van der Waals surface area contributed by atoms with E-state index >= 15 is 0 Å². The van der Waals surface area contributed by atoms with E-state index in [0.29, 0.717) is 13.1 Å². The van der Waals surface area contributed by atoms with Crippen LogP contribution in [0.1, 0.15) is 25.3 Å². The molecule has 1 amide bonds. The third-order valence-corrected chi connectivity index (χ3v) is 3.98. The van der Waals surface area contributed by atoms with E-state index in [4.69, 9.17) is 0 Å². The maximum absolute atomic E-state index is 12.7. The second kappa shape index (κ2) is 7.41. The molecule has 1 fully saturated rings. The predicted octanol–water partition coefficient (Wildman–Crippen LogP) is 1.40. The van der Waals surface area contributed by atoms with Gasteiger partial charge in [-0.1, -0.05) is 30.3 Å². The molecule has 1 aliphatic heterocycles. The van der Waals surface area contributed by atoms with E-state index in [-0.39, 0.29) is 24.5 Å². The fourth-order valence-corrected chi connectivity index (χ4v) is 2.81. The van der Waals surface area contributed by atoms with Gasteiger partial charge in [0.1, 0.15) is 0 Å². The van der Waals surface area contributed by atoms with Gasteiger partial charge in [-0.3, -0.25) is 4.79 Å². The topological polar surface area (TPSA) is 52.6 Å². The van der Waals surface area contributed by atoms with Gasteiger partial charge in [-0.15, -0.1) is 0 Å². The minimum absolute atomic E-state index is 0.00705.